The Morgan fingerprint density at radius 1 is 1.38 bits per heavy atom. The van der Waals surface area contributed by atoms with Crippen molar-refractivity contribution in [3.8, 4) is 17.1 Å². The third-order valence-corrected chi connectivity index (χ3v) is 3.92. The molecule has 5 nitrogen and oxygen atoms in total. The summed E-state index contributed by atoms with van der Waals surface area (Å²) >= 11 is 1.49. The van der Waals surface area contributed by atoms with Gasteiger partial charge in [0.1, 0.15) is 0 Å². The van der Waals surface area contributed by atoms with Crippen molar-refractivity contribution >= 4 is 17.4 Å². The van der Waals surface area contributed by atoms with E-state index in [1.54, 1.807) is 0 Å². The van der Waals surface area contributed by atoms with E-state index in [0.29, 0.717) is 16.7 Å². The minimum atomic E-state index is -0.124. The summed E-state index contributed by atoms with van der Waals surface area (Å²) in [4.78, 5) is 4.49. The van der Waals surface area contributed by atoms with Gasteiger partial charge in [-0.15, -0.1) is 16.8 Å². The SMILES string of the molecule is C=CCSc1nnc2c(n1)OC(CC)Nc1ccccc1-2. The zero-order valence-corrected chi connectivity index (χ0v) is 12.6. The molecular formula is C15H16N4OS. The van der Waals surface area contributed by atoms with Gasteiger partial charge in [-0.2, -0.15) is 4.98 Å². The highest BCUT2D eigenvalue weighted by atomic mass is 32.2. The molecule has 1 unspecified atom stereocenters. The van der Waals surface area contributed by atoms with Crippen molar-refractivity contribution in [2.75, 3.05) is 11.1 Å². The highest BCUT2D eigenvalue weighted by Gasteiger charge is 2.23. The van der Waals surface area contributed by atoms with Gasteiger partial charge in [-0.25, -0.2) is 0 Å². The van der Waals surface area contributed by atoms with E-state index < -0.39 is 0 Å². The summed E-state index contributed by atoms with van der Waals surface area (Å²) in [5, 5.41) is 12.4. The Balaban J connectivity index is 2.06. The topological polar surface area (TPSA) is 59.9 Å². The first-order chi connectivity index (χ1) is 10.3. The molecule has 1 aromatic heterocycles. The number of aromatic nitrogens is 3. The largest absolute Gasteiger partial charge is 0.452 e. The van der Waals surface area contributed by atoms with Crippen LogP contribution >= 0.6 is 11.8 Å². The molecule has 6 heteroatoms. The van der Waals surface area contributed by atoms with E-state index in [4.69, 9.17) is 4.74 Å². The van der Waals surface area contributed by atoms with E-state index in [9.17, 15) is 0 Å². The maximum Gasteiger partial charge on any atom is 0.247 e. The Labute approximate surface area is 127 Å². The summed E-state index contributed by atoms with van der Waals surface area (Å²) in [6, 6.07) is 7.96. The molecule has 2 aromatic rings. The minimum Gasteiger partial charge on any atom is -0.452 e. The highest BCUT2D eigenvalue weighted by molar-refractivity contribution is 7.99. The average Bonchev–Trinajstić information content (AvgIpc) is 2.68. The Kier molecular flexibility index (Phi) is 4.06. The molecule has 1 atom stereocenters. The lowest BCUT2D eigenvalue weighted by atomic mass is 10.1. The molecule has 1 N–H and O–H groups in total. The quantitative estimate of drug-likeness (QED) is 0.690. The van der Waals surface area contributed by atoms with Gasteiger partial charge in [-0.05, 0) is 6.07 Å². The zero-order valence-electron chi connectivity index (χ0n) is 11.7. The van der Waals surface area contributed by atoms with Crippen molar-refractivity contribution in [2.24, 2.45) is 0 Å². The van der Waals surface area contributed by atoms with Crippen LogP contribution in [0.2, 0.25) is 0 Å². The van der Waals surface area contributed by atoms with Gasteiger partial charge < -0.3 is 10.1 Å². The Bertz CT molecular complexity index is 662. The van der Waals surface area contributed by atoms with Crippen molar-refractivity contribution in [2.45, 2.75) is 24.7 Å². The zero-order chi connectivity index (χ0) is 14.7. The number of thioether (sulfide) groups is 1. The number of nitrogens with one attached hydrogen (secondary N) is 1. The summed E-state index contributed by atoms with van der Waals surface area (Å²) in [6.07, 6.45) is 2.51. The first-order valence-corrected chi connectivity index (χ1v) is 7.81. The van der Waals surface area contributed by atoms with Crippen LogP contribution in [0.5, 0.6) is 5.88 Å². The molecule has 3 rings (SSSR count). The second-order valence-corrected chi connectivity index (χ2v) is 5.54. The first-order valence-electron chi connectivity index (χ1n) is 6.82. The van der Waals surface area contributed by atoms with Gasteiger partial charge in [0.05, 0.1) is 0 Å². The lowest BCUT2D eigenvalue weighted by molar-refractivity contribution is 0.216. The molecule has 0 amide bonds. The monoisotopic (exact) mass is 300 g/mol. The number of benzene rings is 1. The average molecular weight is 300 g/mol. The van der Waals surface area contributed by atoms with E-state index >= 15 is 0 Å². The number of anilines is 1. The summed E-state index contributed by atoms with van der Waals surface area (Å²) in [5.74, 6) is 1.27. The number of fused-ring (bicyclic) bond motifs is 3. The molecule has 0 fully saturated rings. The van der Waals surface area contributed by atoms with Crippen LogP contribution in [0.3, 0.4) is 0 Å². The summed E-state index contributed by atoms with van der Waals surface area (Å²) < 4.78 is 5.95. The van der Waals surface area contributed by atoms with Crippen molar-refractivity contribution in [1.29, 1.82) is 0 Å². The van der Waals surface area contributed by atoms with Crippen molar-refractivity contribution < 1.29 is 4.74 Å². The Morgan fingerprint density at radius 3 is 3.05 bits per heavy atom. The molecule has 0 aliphatic carbocycles. The van der Waals surface area contributed by atoms with E-state index in [1.165, 1.54) is 11.8 Å². The maximum absolute atomic E-state index is 5.95. The lowest BCUT2D eigenvalue weighted by Gasteiger charge is -2.16. The molecule has 0 bridgehead atoms. The van der Waals surface area contributed by atoms with Crippen LogP contribution in [-0.4, -0.2) is 27.2 Å². The normalized spacial score (nSPS) is 16.0. The van der Waals surface area contributed by atoms with Gasteiger partial charge in [0, 0.05) is 23.4 Å². The van der Waals surface area contributed by atoms with E-state index in [0.717, 1.165) is 23.4 Å². The highest BCUT2D eigenvalue weighted by Crippen LogP contribution is 2.36. The summed E-state index contributed by atoms with van der Waals surface area (Å²) in [5.41, 5.74) is 2.63. The maximum atomic E-state index is 5.95. The molecule has 0 saturated carbocycles. The van der Waals surface area contributed by atoms with E-state index in [1.807, 2.05) is 30.3 Å². The second kappa shape index (κ2) is 6.13. The van der Waals surface area contributed by atoms with Crippen molar-refractivity contribution in [1.82, 2.24) is 15.2 Å². The van der Waals surface area contributed by atoms with Crippen LogP contribution in [0.1, 0.15) is 13.3 Å². The minimum absolute atomic E-state index is 0.124. The molecule has 21 heavy (non-hydrogen) atoms. The number of hydrogen-bond donors (Lipinski definition) is 1. The third-order valence-electron chi connectivity index (χ3n) is 3.09. The van der Waals surface area contributed by atoms with Gasteiger partial charge >= 0.3 is 0 Å². The van der Waals surface area contributed by atoms with Crippen LogP contribution in [-0.2, 0) is 0 Å². The van der Waals surface area contributed by atoms with Crippen LogP contribution in [0.4, 0.5) is 5.69 Å². The predicted molar refractivity (Wildman–Crippen MR) is 84.5 cm³/mol. The summed E-state index contributed by atoms with van der Waals surface area (Å²) in [6.45, 7) is 5.76. The standard InChI is InChI=1S/C15H16N4OS/c1-3-9-21-15-17-14-13(18-19-15)10-7-5-6-8-11(10)16-12(4-2)20-14/h3,5-8,12,16H,1,4,9H2,2H3. The van der Waals surface area contributed by atoms with Gasteiger partial charge in [-0.3, -0.25) is 0 Å². The van der Waals surface area contributed by atoms with Gasteiger partial charge in [0.2, 0.25) is 11.0 Å². The van der Waals surface area contributed by atoms with Crippen molar-refractivity contribution in [3.63, 3.8) is 0 Å². The molecular weight excluding hydrogens is 284 g/mol. The number of para-hydroxylation sites is 1. The van der Waals surface area contributed by atoms with Crippen LogP contribution in [0.15, 0.2) is 42.1 Å². The molecule has 108 valence electrons. The Hall–Kier alpha value is -2.08. The van der Waals surface area contributed by atoms with Crippen LogP contribution in [0.25, 0.3) is 11.3 Å². The van der Waals surface area contributed by atoms with Crippen molar-refractivity contribution in [3.05, 3.63) is 36.9 Å². The smallest absolute Gasteiger partial charge is 0.247 e. The number of rotatable bonds is 4. The van der Waals surface area contributed by atoms with Crippen LogP contribution in [0, 0.1) is 0 Å². The third kappa shape index (κ3) is 2.85. The predicted octanol–water partition coefficient (Wildman–Crippen LogP) is 3.36. The number of hydrogen-bond acceptors (Lipinski definition) is 6. The number of nitrogens with zero attached hydrogens (tertiary/aromatic N) is 3. The molecule has 2 heterocycles. The van der Waals surface area contributed by atoms with E-state index in [-0.39, 0.29) is 6.23 Å². The molecule has 1 aromatic carbocycles. The van der Waals surface area contributed by atoms with Gasteiger partial charge in [0.25, 0.3) is 0 Å². The lowest BCUT2D eigenvalue weighted by Crippen LogP contribution is -2.24. The first kappa shape index (κ1) is 13.9. The van der Waals surface area contributed by atoms with Gasteiger partial charge in [0.15, 0.2) is 11.9 Å². The fourth-order valence-corrected chi connectivity index (χ4v) is 2.60. The molecule has 1 aliphatic heterocycles. The fraction of sp³-hybridized carbons (Fsp3) is 0.267. The summed E-state index contributed by atoms with van der Waals surface area (Å²) in [7, 11) is 0. The Morgan fingerprint density at radius 2 is 2.24 bits per heavy atom. The molecule has 0 spiro atoms. The second-order valence-electron chi connectivity index (χ2n) is 4.55. The fourth-order valence-electron chi connectivity index (χ4n) is 2.08. The molecule has 1 aliphatic rings. The number of ether oxygens (including phenoxy) is 1. The molecule has 0 radical (unpaired) electrons. The van der Waals surface area contributed by atoms with Gasteiger partial charge in [-0.1, -0.05) is 43.0 Å². The van der Waals surface area contributed by atoms with Crippen LogP contribution < -0.4 is 10.1 Å². The van der Waals surface area contributed by atoms with E-state index in [2.05, 4.69) is 34.0 Å². The molecule has 0 saturated heterocycles.